The Morgan fingerprint density at radius 1 is 0.896 bits per heavy atom. The molecule has 0 bridgehead atoms. The molecule has 3 aromatic rings. The number of fused-ring (bicyclic) bond motifs is 4. The molecular weight excluding hydrogens is 612 g/mol. The number of nitrogens with zero attached hydrogens (tertiary/aromatic N) is 3. The van der Waals surface area contributed by atoms with Crippen LogP contribution in [-0.2, 0) is 25.7 Å². The third-order valence-electron chi connectivity index (χ3n) is 9.88. The van der Waals surface area contributed by atoms with Crippen LogP contribution in [0.1, 0.15) is 52.2 Å². The van der Waals surface area contributed by atoms with Gasteiger partial charge < -0.3 is 30.5 Å². The zero-order chi connectivity index (χ0) is 33.4. The van der Waals surface area contributed by atoms with E-state index in [1.807, 2.05) is 36.4 Å². The van der Waals surface area contributed by atoms with Crippen LogP contribution in [-0.4, -0.2) is 90.9 Å². The molecule has 1 aliphatic carbocycles. The Hall–Kier alpha value is -5.23. The molecule has 4 N–H and O–H groups in total. The highest BCUT2D eigenvalue weighted by molar-refractivity contribution is 6.06. The molecule has 0 aromatic heterocycles. The number of ether oxygens (including phenoxy) is 1. The van der Waals surface area contributed by atoms with Crippen LogP contribution in [0, 0.1) is 0 Å². The molecule has 5 amide bonds. The van der Waals surface area contributed by atoms with Crippen LogP contribution in [0.25, 0.3) is 11.1 Å². The summed E-state index contributed by atoms with van der Waals surface area (Å²) in [6.07, 6.45) is 0.107. The van der Waals surface area contributed by atoms with E-state index < -0.39 is 24.1 Å². The second-order valence-electron chi connectivity index (χ2n) is 12.6. The van der Waals surface area contributed by atoms with E-state index in [-0.39, 0.29) is 56.2 Å². The van der Waals surface area contributed by atoms with Gasteiger partial charge in [-0.05, 0) is 53.8 Å². The van der Waals surface area contributed by atoms with Crippen molar-refractivity contribution in [2.45, 2.75) is 43.8 Å². The molecule has 48 heavy (non-hydrogen) atoms. The topological polar surface area (TPSA) is 154 Å². The van der Waals surface area contributed by atoms with Gasteiger partial charge in [-0.2, -0.15) is 0 Å². The van der Waals surface area contributed by atoms with Crippen molar-refractivity contribution in [1.82, 2.24) is 20.4 Å². The van der Waals surface area contributed by atoms with Gasteiger partial charge in [-0.15, -0.1) is 0 Å². The quantitative estimate of drug-likeness (QED) is 0.314. The van der Waals surface area contributed by atoms with Crippen LogP contribution in [0.5, 0.6) is 0 Å². The van der Waals surface area contributed by atoms with Crippen LogP contribution >= 0.6 is 0 Å². The minimum atomic E-state index is -0.821. The van der Waals surface area contributed by atoms with Gasteiger partial charge in [-0.1, -0.05) is 54.6 Å². The molecule has 0 radical (unpaired) electrons. The lowest BCUT2D eigenvalue weighted by atomic mass is 9.98. The van der Waals surface area contributed by atoms with Gasteiger partial charge in [-0.25, -0.2) is 4.79 Å². The number of rotatable bonds is 8. The summed E-state index contributed by atoms with van der Waals surface area (Å²) in [5.74, 6) is -1.30. The Balaban J connectivity index is 0.963. The van der Waals surface area contributed by atoms with Gasteiger partial charge in [0.25, 0.3) is 5.91 Å². The summed E-state index contributed by atoms with van der Waals surface area (Å²) in [5.41, 5.74) is 12.6. The lowest BCUT2D eigenvalue weighted by Crippen LogP contribution is -2.55. The summed E-state index contributed by atoms with van der Waals surface area (Å²) in [6.45, 7) is 2.52. The highest BCUT2D eigenvalue weighted by atomic mass is 16.5. The van der Waals surface area contributed by atoms with Crippen molar-refractivity contribution in [1.29, 1.82) is 0 Å². The monoisotopic (exact) mass is 650 g/mol. The van der Waals surface area contributed by atoms with Gasteiger partial charge in [-0.3, -0.25) is 24.5 Å². The van der Waals surface area contributed by atoms with Crippen molar-refractivity contribution in [3.8, 4) is 11.1 Å². The van der Waals surface area contributed by atoms with E-state index in [4.69, 9.17) is 10.5 Å². The summed E-state index contributed by atoms with van der Waals surface area (Å²) in [7, 11) is 0. The minimum absolute atomic E-state index is 0.0919. The summed E-state index contributed by atoms with van der Waals surface area (Å²) in [5, 5.41) is 5.11. The number of alkyl carbamates (subject to hydrolysis) is 1. The van der Waals surface area contributed by atoms with E-state index in [0.717, 1.165) is 33.5 Å². The summed E-state index contributed by atoms with van der Waals surface area (Å²) in [6, 6.07) is 20.2. The molecule has 0 spiro atoms. The van der Waals surface area contributed by atoms with Crippen LogP contribution in [0.4, 0.5) is 10.5 Å². The molecule has 12 nitrogen and oxygen atoms in total. The fraction of sp³-hybridized carbons (Fsp3) is 0.361. The highest BCUT2D eigenvalue weighted by Gasteiger charge is 2.41. The normalized spacial score (nSPS) is 19.4. The maximum atomic E-state index is 13.6. The largest absolute Gasteiger partial charge is 0.449 e. The summed E-state index contributed by atoms with van der Waals surface area (Å²) < 4.78 is 5.70. The molecule has 3 aliphatic heterocycles. The summed E-state index contributed by atoms with van der Waals surface area (Å²) >= 11 is 0. The van der Waals surface area contributed by atoms with E-state index in [1.54, 1.807) is 15.9 Å². The van der Waals surface area contributed by atoms with Crippen molar-refractivity contribution in [2.75, 3.05) is 44.2 Å². The number of carbonyl (C=O) groups is 5. The molecule has 7 rings (SSSR count). The first-order valence-corrected chi connectivity index (χ1v) is 16.5. The second kappa shape index (κ2) is 13.1. The third kappa shape index (κ3) is 5.76. The molecule has 2 saturated heterocycles. The van der Waals surface area contributed by atoms with Crippen LogP contribution in [0.15, 0.2) is 66.7 Å². The number of imide groups is 1. The minimum Gasteiger partial charge on any atom is -0.449 e. The van der Waals surface area contributed by atoms with Gasteiger partial charge in [0.15, 0.2) is 0 Å². The zero-order valence-corrected chi connectivity index (χ0v) is 26.5. The smallest absolute Gasteiger partial charge is 0.407 e. The van der Waals surface area contributed by atoms with E-state index in [1.165, 1.54) is 0 Å². The fourth-order valence-electron chi connectivity index (χ4n) is 7.46. The molecule has 0 saturated carbocycles. The Labute approximate surface area is 278 Å². The molecule has 2 fully saturated rings. The fourth-order valence-corrected chi connectivity index (χ4v) is 7.46. The maximum absolute atomic E-state index is 13.6. The molecule has 12 heteroatoms. The highest BCUT2D eigenvalue weighted by Crippen LogP contribution is 2.44. The number of hydrogen-bond donors (Lipinski definition) is 3. The van der Waals surface area contributed by atoms with Gasteiger partial charge >= 0.3 is 6.09 Å². The molecular formula is C36H38N6O6. The third-order valence-corrected chi connectivity index (χ3v) is 9.88. The van der Waals surface area contributed by atoms with Crippen molar-refractivity contribution in [3.05, 3.63) is 89.0 Å². The average Bonchev–Trinajstić information content (AvgIpc) is 3.61. The molecule has 4 aliphatic rings. The number of piperidine rings is 1. The Kier molecular flexibility index (Phi) is 8.57. The number of anilines is 1. The maximum Gasteiger partial charge on any atom is 0.407 e. The first kappa shape index (κ1) is 31.4. The molecule has 3 aromatic carbocycles. The molecule has 3 heterocycles. The van der Waals surface area contributed by atoms with E-state index in [2.05, 4.69) is 39.8 Å². The van der Waals surface area contributed by atoms with Crippen LogP contribution in [0.3, 0.4) is 0 Å². The van der Waals surface area contributed by atoms with E-state index >= 15 is 0 Å². The second-order valence-corrected chi connectivity index (χ2v) is 12.6. The van der Waals surface area contributed by atoms with Crippen molar-refractivity contribution in [2.24, 2.45) is 5.73 Å². The summed E-state index contributed by atoms with van der Waals surface area (Å²) in [4.78, 5) is 69.5. The Bertz CT molecular complexity index is 1740. The Morgan fingerprint density at radius 2 is 1.56 bits per heavy atom. The predicted molar refractivity (Wildman–Crippen MR) is 177 cm³/mol. The number of piperazine rings is 1. The first-order valence-electron chi connectivity index (χ1n) is 16.5. The van der Waals surface area contributed by atoms with Gasteiger partial charge in [0.05, 0.1) is 0 Å². The van der Waals surface area contributed by atoms with Gasteiger partial charge in [0.2, 0.25) is 17.7 Å². The van der Waals surface area contributed by atoms with E-state index in [0.29, 0.717) is 38.2 Å². The van der Waals surface area contributed by atoms with Gasteiger partial charge in [0, 0.05) is 61.9 Å². The van der Waals surface area contributed by atoms with Gasteiger partial charge in [0.1, 0.15) is 18.7 Å². The standard InChI is InChI=1S/C36H38N6O6/c37-15-14-29(38-36(47)48-21-28-24-8-3-1-6-22(24)23-7-2-4-9-25(23)28)35(46)41-18-16-40(17-19-41)30-11-5-10-26-27(30)20-42(34(26)45)31-12-13-32(43)39-33(31)44/h1-11,28-29,31H,12-21,37H2,(H,38,47)(H,39,43,44)/t29-,31?/m0/s1. The van der Waals surface area contributed by atoms with Crippen molar-refractivity contribution in [3.63, 3.8) is 0 Å². The van der Waals surface area contributed by atoms with Crippen molar-refractivity contribution < 1.29 is 28.7 Å². The first-order chi connectivity index (χ1) is 23.3. The molecule has 248 valence electrons. The molecule has 1 unspecified atom stereocenters. The SMILES string of the molecule is NCC[C@H](NC(=O)OCC1c2ccccc2-c2ccccc21)C(=O)N1CCN(c2cccc3c2CN(C2CCC(=O)NC2=O)C3=O)CC1. The van der Waals surface area contributed by atoms with E-state index in [9.17, 15) is 24.0 Å². The van der Waals surface area contributed by atoms with Crippen molar-refractivity contribution >= 4 is 35.4 Å². The number of nitrogens with one attached hydrogen (secondary N) is 2. The molecule has 2 atom stereocenters. The lowest BCUT2D eigenvalue weighted by molar-refractivity contribution is -0.137. The van der Waals surface area contributed by atoms with Crippen LogP contribution < -0.4 is 21.3 Å². The Morgan fingerprint density at radius 3 is 2.23 bits per heavy atom. The number of amides is 5. The number of benzene rings is 3. The number of carbonyl (C=O) groups excluding carboxylic acids is 5. The number of hydrogen-bond acceptors (Lipinski definition) is 8. The zero-order valence-electron chi connectivity index (χ0n) is 26.5. The van der Waals surface area contributed by atoms with Crippen LogP contribution in [0.2, 0.25) is 0 Å². The average molecular weight is 651 g/mol. The number of nitrogens with two attached hydrogens (primary N) is 1. The lowest BCUT2D eigenvalue weighted by Gasteiger charge is -2.38. The predicted octanol–water partition coefficient (Wildman–Crippen LogP) is 2.35.